The Hall–Kier alpha value is -2.37. The van der Waals surface area contributed by atoms with Gasteiger partial charge in [0.2, 0.25) is 0 Å². The molecule has 2 aromatic carbocycles. The minimum Gasteiger partial charge on any atom is -0.374 e. The maximum absolute atomic E-state index is 12.8. The third-order valence-electron chi connectivity index (χ3n) is 8.83. The number of anilines is 2. The van der Waals surface area contributed by atoms with Crippen LogP contribution in [0, 0.1) is 11.8 Å². The van der Waals surface area contributed by atoms with E-state index in [1.807, 2.05) is 36.4 Å². The number of carbonyl (C=O) groups is 1. The number of benzene rings is 2. The molecular formula is C30H39N3O2. The van der Waals surface area contributed by atoms with E-state index in [1.54, 1.807) is 0 Å². The van der Waals surface area contributed by atoms with Crippen LogP contribution >= 0.6 is 0 Å². The van der Waals surface area contributed by atoms with Gasteiger partial charge in [0.05, 0.1) is 12.7 Å². The summed E-state index contributed by atoms with van der Waals surface area (Å²) in [5.74, 6) is 1.67. The lowest BCUT2D eigenvalue weighted by atomic mass is 9.96. The molecule has 6 rings (SSSR count). The Kier molecular flexibility index (Phi) is 6.80. The van der Waals surface area contributed by atoms with Crippen LogP contribution in [0.1, 0.15) is 67.3 Å². The van der Waals surface area contributed by atoms with Crippen LogP contribution in [0.15, 0.2) is 48.5 Å². The van der Waals surface area contributed by atoms with Gasteiger partial charge in [0.25, 0.3) is 5.91 Å². The molecule has 2 aromatic rings. The topological polar surface area (TPSA) is 44.8 Å². The predicted molar refractivity (Wildman–Crippen MR) is 141 cm³/mol. The monoisotopic (exact) mass is 473 g/mol. The number of carbonyl (C=O) groups excluding carboxylic acids is 1. The maximum atomic E-state index is 12.8. The van der Waals surface area contributed by atoms with Gasteiger partial charge < -0.3 is 19.9 Å². The average Bonchev–Trinajstić information content (AvgIpc) is 3.58. The van der Waals surface area contributed by atoms with Gasteiger partial charge in [-0.15, -0.1) is 0 Å². The molecule has 4 aliphatic rings. The number of fused-ring (bicyclic) bond motifs is 1. The zero-order chi connectivity index (χ0) is 23.6. The molecule has 35 heavy (non-hydrogen) atoms. The van der Waals surface area contributed by atoms with Crippen LogP contribution in [0.5, 0.6) is 0 Å². The van der Waals surface area contributed by atoms with E-state index < -0.39 is 0 Å². The molecule has 2 saturated heterocycles. The highest BCUT2D eigenvalue weighted by atomic mass is 16.5. The van der Waals surface area contributed by atoms with Crippen LogP contribution in [-0.2, 0) is 11.3 Å². The minimum atomic E-state index is -0.0659. The van der Waals surface area contributed by atoms with Crippen molar-refractivity contribution in [3.05, 3.63) is 59.7 Å². The highest BCUT2D eigenvalue weighted by Gasteiger charge is 2.41. The third kappa shape index (κ3) is 5.26. The summed E-state index contributed by atoms with van der Waals surface area (Å²) < 4.78 is 5.87. The second kappa shape index (κ2) is 10.3. The molecule has 1 N–H and O–H groups in total. The van der Waals surface area contributed by atoms with E-state index in [9.17, 15) is 4.79 Å². The molecule has 2 atom stereocenters. The van der Waals surface area contributed by atoms with E-state index in [0.29, 0.717) is 24.3 Å². The van der Waals surface area contributed by atoms with Crippen LogP contribution in [-0.4, -0.2) is 49.1 Å². The summed E-state index contributed by atoms with van der Waals surface area (Å²) in [6, 6.07) is 16.9. The Morgan fingerprint density at radius 3 is 2.37 bits per heavy atom. The molecule has 2 heterocycles. The van der Waals surface area contributed by atoms with E-state index in [1.165, 1.54) is 76.7 Å². The van der Waals surface area contributed by atoms with Gasteiger partial charge in [0.15, 0.2) is 0 Å². The summed E-state index contributed by atoms with van der Waals surface area (Å²) in [7, 11) is 0. The molecule has 5 nitrogen and oxygen atoms in total. The van der Waals surface area contributed by atoms with Crippen molar-refractivity contribution in [2.45, 2.75) is 70.1 Å². The largest absolute Gasteiger partial charge is 0.374 e. The first-order chi connectivity index (χ1) is 17.2. The molecule has 2 aliphatic carbocycles. The summed E-state index contributed by atoms with van der Waals surface area (Å²) in [4.78, 5) is 18.1. The summed E-state index contributed by atoms with van der Waals surface area (Å²) in [5, 5.41) is 3.06. The average molecular weight is 474 g/mol. The van der Waals surface area contributed by atoms with Crippen molar-refractivity contribution in [3.63, 3.8) is 0 Å². The van der Waals surface area contributed by atoms with Gasteiger partial charge in [-0.05, 0) is 92.3 Å². The van der Waals surface area contributed by atoms with Crippen molar-refractivity contribution in [1.82, 2.24) is 4.90 Å². The molecule has 0 spiro atoms. The van der Waals surface area contributed by atoms with E-state index in [4.69, 9.17) is 4.74 Å². The molecule has 1 amide bonds. The van der Waals surface area contributed by atoms with Gasteiger partial charge in [-0.2, -0.15) is 0 Å². The van der Waals surface area contributed by atoms with E-state index >= 15 is 0 Å². The van der Waals surface area contributed by atoms with Crippen molar-refractivity contribution in [3.8, 4) is 0 Å². The number of hydrogen-bond acceptors (Lipinski definition) is 4. The fourth-order valence-corrected chi connectivity index (χ4v) is 6.52. The first-order valence-electron chi connectivity index (χ1n) is 13.8. The molecule has 0 aromatic heterocycles. The van der Waals surface area contributed by atoms with Crippen LogP contribution in [0.2, 0.25) is 0 Å². The fourth-order valence-electron chi connectivity index (χ4n) is 6.52. The van der Waals surface area contributed by atoms with Crippen molar-refractivity contribution >= 4 is 17.3 Å². The highest BCUT2D eigenvalue weighted by molar-refractivity contribution is 6.04. The summed E-state index contributed by atoms with van der Waals surface area (Å²) in [5.41, 5.74) is 3.93. The van der Waals surface area contributed by atoms with Crippen molar-refractivity contribution in [2.75, 3.05) is 36.4 Å². The SMILES string of the molecule is O=C(Nc1ccc(N2CC[C@@H]3CN(CC4CCCC4)C[C@@H]32)cc1)c1ccc(COC2CCC2)cc1. The fraction of sp³-hybridized carbons (Fsp3) is 0.567. The molecule has 186 valence electrons. The molecule has 4 fully saturated rings. The number of hydrogen-bond donors (Lipinski definition) is 1. The third-order valence-corrected chi connectivity index (χ3v) is 8.83. The van der Waals surface area contributed by atoms with Crippen molar-refractivity contribution < 1.29 is 9.53 Å². The molecule has 5 heteroatoms. The number of rotatable bonds is 8. The Morgan fingerprint density at radius 1 is 0.886 bits per heavy atom. The predicted octanol–water partition coefficient (Wildman–Crippen LogP) is 5.71. The van der Waals surface area contributed by atoms with Gasteiger partial charge in [-0.3, -0.25) is 4.79 Å². The number of amides is 1. The smallest absolute Gasteiger partial charge is 0.255 e. The zero-order valence-corrected chi connectivity index (χ0v) is 20.8. The van der Waals surface area contributed by atoms with Crippen LogP contribution in [0.4, 0.5) is 11.4 Å². The lowest BCUT2D eigenvalue weighted by Gasteiger charge is -2.28. The van der Waals surface area contributed by atoms with Crippen molar-refractivity contribution in [2.24, 2.45) is 11.8 Å². The van der Waals surface area contributed by atoms with Crippen LogP contribution in [0.25, 0.3) is 0 Å². The van der Waals surface area contributed by atoms with Gasteiger partial charge in [-0.1, -0.05) is 25.0 Å². The summed E-state index contributed by atoms with van der Waals surface area (Å²) in [6.07, 6.45) is 11.1. The Bertz CT molecular complexity index is 995. The molecule has 0 radical (unpaired) electrons. The Balaban J connectivity index is 1.02. The maximum Gasteiger partial charge on any atom is 0.255 e. The Morgan fingerprint density at radius 2 is 1.66 bits per heavy atom. The second-order valence-corrected chi connectivity index (χ2v) is 11.2. The molecular weight excluding hydrogens is 434 g/mol. The van der Waals surface area contributed by atoms with Crippen molar-refractivity contribution in [1.29, 1.82) is 0 Å². The number of nitrogens with one attached hydrogen (secondary N) is 1. The first kappa shape index (κ1) is 23.1. The molecule has 2 aliphatic heterocycles. The van der Waals surface area contributed by atoms with E-state index in [-0.39, 0.29) is 5.91 Å². The highest BCUT2D eigenvalue weighted by Crippen LogP contribution is 2.37. The molecule has 2 saturated carbocycles. The van der Waals surface area contributed by atoms with Gasteiger partial charge in [0.1, 0.15) is 0 Å². The lowest BCUT2D eigenvalue weighted by Crippen LogP contribution is -2.36. The van der Waals surface area contributed by atoms with Crippen LogP contribution in [0.3, 0.4) is 0 Å². The standard InChI is InChI=1S/C30H39N3O2/c34-30(24-10-8-23(9-11-24)21-35-28-6-3-7-28)31-26-12-14-27(15-13-26)33-17-16-25-19-32(20-29(25)33)18-22-4-1-2-5-22/h8-15,22,25,28-29H,1-7,16-21H2,(H,31,34)/t25-,29+/m1/s1. The minimum absolute atomic E-state index is 0.0659. The van der Waals surface area contributed by atoms with Crippen LogP contribution < -0.4 is 10.2 Å². The molecule has 0 unspecified atom stereocenters. The first-order valence-corrected chi connectivity index (χ1v) is 13.8. The Labute approximate surface area is 209 Å². The van der Waals surface area contributed by atoms with Gasteiger partial charge in [0, 0.05) is 49.2 Å². The lowest BCUT2D eigenvalue weighted by molar-refractivity contribution is -0.00866. The van der Waals surface area contributed by atoms with Gasteiger partial charge >= 0.3 is 0 Å². The normalized spacial score (nSPS) is 25.1. The molecule has 0 bridgehead atoms. The summed E-state index contributed by atoms with van der Waals surface area (Å²) in [6.45, 7) is 5.57. The second-order valence-electron chi connectivity index (χ2n) is 11.2. The number of nitrogens with zero attached hydrogens (tertiary/aromatic N) is 2. The summed E-state index contributed by atoms with van der Waals surface area (Å²) >= 11 is 0. The van der Waals surface area contributed by atoms with E-state index in [2.05, 4.69) is 27.2 Å². The zero-order valence-electron chi connectivity index (χ0n) is 20.8. The quantitative estimate of drug-likeness (QED) is 0.533. The number of likely N-dealkylation sites (tertiary alicyclic amines) is 1. The number of ether oxygens (including phenoxy) is 1. The van der Waals surface area contributed by atoms with E-state index in [0.717, 1.165) is 29.6 Å². The van der Waals surface area contributed by atoms with Gasteiger partial charge in [-0.25, -0.2) is 0 Å².